The number of anilines is 1. The van der Waals surface area contributed by atoms with E-state index in [1.807, 2.05) is 38.1 Å². The van der Waals surface area contributed by atoms with Crippen molar-refractivity contribution in [1.82, 2.24) is 0 Å². The summed E-state index contributed by atoms with van der Waals surface area (Å²) >= 11 is 0. The van der Waals surface area contributed by atoms with Gasteiger partial charge in [-0.15, -0.1) is 0 Å². The van der Waals surface area contributed by atoms with E-state index in [-0.39, 0.29) is 5.75 Å². The summed E-state index contributed by atoms with van der Waals surface area (Å²) in [6.45, 7) is 4.40. The highest BCUT2D eigenvalue weighted by molar-refractivity contribution is 7.92. The Kier molecular flexibility index (Phi) is 4.96. The van der Waals surface area contributed by atoms with Crippen LogP contribution in [-0.4, -0.2) is 27.3 Å². The highest BCUT2D eigenvalue weighted by Gasteiger charge is 2.21. The molecule has 1 rings (SSSR count). The van der Waals surface area contributed by atoms with Gasteiger partial charge in [-0.1, -0.05) is 25.1 Å². The molecule has 17 heavy (non-hydrogen) atoms. The van der Waals surface area contributed by atoms with Crippen LogP contribution >= 0.6 is 0 Å². The Balaban J connectivity index is 3.14. The molecule has 0 bridgehead atoms. The fraction of sp³-hybridized carbons (Fsp3) is 0.500. The number of nitrogens with two attached hydrogens (primary N) is 1. The first-order valence-corrected chi connectivity index (χ1v) is 7.40. The minimum absolute atomic E-state index is 0.154. The first-order chi connectivity index (χ1) is 8.03. The van der Waals surface area contributed by atoms with E-state index in [0.717, 1.165) is 11.3 Å². The second-order valence-corrected chi connectivity index (χ2v) is 5.98. The second-order valence-electron chi connectivity index (χ2n) is 3.96. The average Bonchev–Trinajstić information content (AvgIpc) is 2.27. The van der Waals surface area contributed by atoms with Crippen molar-refractivity contribution in [2.75, 3.05) is 23.1 Å². The zero-order valence-electron chi connectivity index (χ0n) is 10.4. The summed E-state index contributed by atoms with van der Waals surface area (Å²) in [6, 6.07) is 7.46. The molecule has 0 aliphatic carbocycles. The van der Waals surface area contributed by atoms with Gasteiger partial charge in [0.2, 0.25) is 10.0 Å². The van der Waals surface area contributed by atoms with E-state index in [9.17, 15) is 8.42 Å². The Hall–Kier alpha value is -1.07. The molecule has 0 saturated carbocycles. The van der Waals surface area contributed by atoms with Crippen molar-refractivity contribution in [3.8, 4) is 0 Å². The minimum Gasteiger partial charge on any atom is -0.329 e. The molecule has 96 valence electrons. The van der Waals surface area contributed by atoms with Crippen LogP contribution in [0.1, 0.15) is 18.9 Å². The molecule has 0 aliphatic rings. The van der Waals surface area contributed by atoms with Crippen molar-refractivity contribution in [3.63, 3.8) is 0 Å². The van der Waals surface area contributed by atoms with Crippen LogP contribution in [0.2, 0.25) is 0 Å². The van der Waals surface area contributed by atoms with Crippen LogP contribution in [0, 0.1) is 6.92 Å². The molecule has 1 aromatic carbocycles. The zero-order chi connectivity index (χ0) is 12.9. The lowest BCUT2D eigenvalue weighted by atomic mass is 10.2. The normalized spacial score (nSPS) is 11.5. The van der Waals surface area contributed by atoms with Crippen molar-refractivity contribution in [1.29, 1.82) is 0 Å². The molecule has 2 N–H and O–H groups in total. The summed E-state index contributed by atoms with van der Waals surface area (Å²) in [5, 5.41) is 0. The minimum atomic E-state index is -3.26. The molecule has 0 spiro atoms. The first-order valence-electron chi connectivity index (χ1n) is 5.79. The van der Waals surface area contributed by atoms with Gasteiger partial charge in [-0.05, 0) is 25.0 Å². The molecule has 0 unspecified atom stereocenters. The molecule has 1 aromatic rings. The Morgan fingerprint density at radius 2 is 1.94 bits per heavy atom. The third-order valence-electron chi connectivity index (χ3n) is 2.51. The highest BCUT2D eigenvalue weighted by Crippen LogP contribution is 2.22. The van der Waals surface area contributed by atoms with Crippen LogP contribution in [0.15, 0.2) is 24.3 Å². The summed E-state index contributed by atoms with van der Waals surface area (Å²) in [4.78, 5) is 0. The fourth-order valence-electron chi connectivity index (χ4n) is 1.74. The Morgan fingerprint density at radius 1 is 1.29 bits per heavy atom. The molecular formula is C12H20N2O2S. The lowest BCUT2D eigenvalue weighted by Crippen LogP contribution is -2.37. The summed E-state index contributed by atoms with van der Waals surface area (Å²) in [5.74, 6) is 0.154. The summed E-state index contributed by atoms with van der Waals surface area (Å²) in [5.41, 5.74) is 7.18. The van der Waals surface area contributed by atoms with Crippen LogP contribution in [0.3, 0.4) is 0 Å². The number of nitrogens with zero attached hydrogens (tertiary/aromatic N) is 1. The van der Waals surface area contributed by atoms with Crippen LogP contribution in [0.25, 0.3) is 0 Å². The SMILES string of the molecule is CCCS(=O)(=O)N(CCN)c1ccccc1C. The first kappa shape index (κ1) is 14.0. The molecule has 0 amide bonds. The van der Waals surface area contributed by atoms with Gasteiger partial charge in [0.15, 0.2) is 0 Å². The number of para-hydroxylation sites is 1. The van der Waals surface area contributed by atoms with Crippen molar-refractivity contribution < 1.29 is 8.42 Å². The Bertz CT molecular complexity index is 457. The standard InChI is InChI=1S/C12H20N2O2S/c1-3-10-17(15,16)14(9-8-13)12-7-5-4-6-11(12)2/h4-7H,3,8-10,13H2,1-2H3. The van der Waals surface area contributed by atoms with Crippen LogP contribution in [0.5, 0.6) is 0 Å². The number of sulfonamides is 1. The van der Waals surface area contributed by atoms with E-state index in [1.54, 1.807) is 0 Å². The monoisotopic (exact) mass is 256 g/mol. The molecule has 0 saturated heterocycles. The number of hydrogen-bond donors (Lipinski definition) is 1. The maximum atomic E-state index is 12.1. The van der Waals surface area contributed by atoms with Crippen molar-refractivity contribution in [2.24, 2.45) is 5.73 Å². The number of aryl methyl sites for hydroxylation is 1. The van der Waals surface area contributed by atoms with E-state index >= 15 is 0 Å². The molecule has 0 aliphatic heterocycles. The van der Waals surface area contributed by atoms with Gasteiger partial charge in [-0.3, -0.25) is 4.31 Å². The van der Waals surface area contributed by atoms with Crippen LogP contribution < -0.4 is 10.0 Å². The lowest BCUT2D eigenvalue weighted by Gasteiger charge is -2.25. The topological polar surface area (TPSA) is 63.4 Å². The predicted molar refractivity (Wildman–Crippen MR) is 71.7 cm³/mol. The van der Waals surface area contributed by atoms with Crippen molar-refractivity contribution in [3.05, 3.63) is 29.8 Å². The fourth-order valence-corrected chi connectivity index (χ4v) is 3.36. The smallest absolute Gasteiger partial charge is 0.235 e. The van der Waals surface area contributed by atoms with Gasteiger partial charge in [0.05, 0.1) is 11.4 Å². The van der Waals surface area contributed by atoms with Gasteiger partial charge < -0.3 is 5.73 Å². The number of hydrogen-bond acceptors (Lipinski definition) is 3. The predicted octanol–water partition coefficient (Wildman–Crippen LogP) is 1.50. The van der Waals surface area contributed by atoms with Gasteiger partial charge in [-0.25, -0.2) is 8.42 Å². The highest BCUT2D eigenvalue weighted by atomic mass is 32.2. The quantitative estimate of drug-likeness (QED) is 0.839. The third-order valence-corrected chi connectivity index (χ3v) is 4.49. The maximum Gasteiger partial charge on any atom is 0.235 e. The van der Waals surface area contributed by atoms with Gasteiger partial charge in [0, 0.05) is 13.1 Å². The summed E-state index contributed by atoms with van der Waals surface area (Å²) in [7, 11) is -3.26. The third kappa shape index (κ3) is 3.44. The molecular weight excluding hydrogens is 236 g/mol. The zero-order valence-corrected chi connectivity index (χ0v) is 11.2. The van der Waals surface area contributed by atoms with E-state index in [0.29, 0.717) is 19.5 Å². The summed E-state index contributed by atoms with van der Waals surface area (Å²) < 4.78 is 25.7. The average molecular weight is 256 g/mol. The number of benzene rings is 1. The largest absolute Gasteiger partial charge is 0.329 e. The Labute approximate surface area is 103 Å². The molecule has 0 aromatic heterocycles. The summed E-state index contributed by atoms with van der Waals surface area (Å²) in [6.07, 6.45) is 0.606. The van der Waals surface area contributed by atoms with Crippen LogP contribution in [0.4, 0.5) is 5.69 Å². The van der Waals surface area contributed by atoms with Crippen molar-refractivity contribution in [2.45, 2.75) is 20.3 Å². The Morgan fingerprint density at radius 3 is 2.47 bits per heavy atom. The molecule has 0 radical (unpaired) electrons. The molecule has 0 atom stereocenters. The van der Waals surface area contributed by atoms with Gasteiger partial charge >= 0.3 is 0 Å². The van der Waals surface area contributed by atoms with Crippen LogP contribution in [-0.2, 0) is 10.0 Å². The van der Waals surface area contributed by atoms with E-state index in [1.165, 1.54) is 4.31 Å². The van der Waals surface area contributed by atoms with Crippen molar-refractivity contribution >= 4 is 15.7 Å². The van der Waals surface area contributed by atoms with Gasteiger partial charge in [-0.2, -0.15) is 0 Å². The maximum absolute atomic E-state index is 12.1. The van der Waals surface area contributed by atoms with Gasteiger partial charge in [0.1, 0.15) is 0 Å². The van der Waals surface area contributed by atoms with E-state index in [4.69, 9.17) is 5.73 Å². The second kappa shape index (κ2) is 6.02. The number of rotatable bonds is 6. The lowest BCUT2D eigenvalue weighted by molar-refractivity contribution is 0.589. The van der Waals surface area contributed by atoms with E-state index < -0.39 is 10.0 Å². The van der Waals surface area contributed by atoms with E-state index in [2.05, 4.69) is 0 Å². The molecule has 5 heteroatoms. The molecule has 0 fully saturated rings. The molecule has 0 heterocycles. The molecule has 4 nitrogen and oxygen atoms in total. The van der Waals surface area contributed by atoms with Gasteiger partial charge in [0.25, 0.3) is 0 Å².